The largest absolute Gasteiger partial charge is 0.495 e. The van der Waals surface area contributed by atoms with Crippen LogP contribution in [-0.4, -0.2) is 11.9 Å². The molecule has 0 amide bonds. The smallest absolute Gasteiger partial charge is 0.189 e. The van der Waals surface area contributed by atoms with E-state index in [4.69, 9.17) is 4.74 Å². The predicted molar refractivity (Wildman–Crippen MR) is 58.6 cm³/mol. The molecule has 0 radical (unpaired) electrons. The topological polar surface area (TPSA) is 26.3 Å². The molecule has 2 rings (SSSR count). The van der Waals surface area contributed by atoms with Crippen LogP contribution in [0.4, 0.5) is 0 Å². The van der Waals surface area contributed by atoms with Crippen molar-refractivity contribution < 1.29 is 9.53 Å². The van der Waals surface area contributed by atoms with Crippen LogP contribution in [0.5, 0.6) is 0 Å². The molecule has 1 atom stereocenters. The van der Waals surface area contributed by atoms with Crippen molar-refractivity contribution in [1.29, 1.82) is 0 Å². The summed E-state index contributed by atoms with van der Waals surface area (Å²) in [4.78, 5) is 11.8. The highest BCUT2D eigenvalue weighted by molar-refractivity contribution is 6.04. The summed E-state index contributed by atoms with van der Waals surface area (Å²) in [5.74, 6) is 0.844. The van der Waals surface area contributed by atoms with Gasteiger partial charge in [0.1, 0.15) is 5.76 Å². The number of carbonyl (C=O) groups excluding carboxylic acids is 1. The second-order valence-corrected chi connectivity index (χ2v) is 3.81. The molecule has 0 N–H and O–H groups in total. The first-order chi connectivity index (χ1) is 7.25. The standard InChI is InChI=1S/C13H14O2/c1-10-7-8-12(15-10)9-13(14)11-5-3-2-4-6-11/h2-6,9-10H,7-8H2,1H3/b12-9+. The Hall–Kier alpha value is -1.57. The van der Waals surface area contributed by atoms with Crippen molar-refractivity contribution in [2.45, 2.75) is 25.9 Å². The van der Waals surface area contributed by atoms with Gasteiger partial charge in [-0.1, -0.05) is 30.3 Å². The van der Waals surface area contributed by atoms with Crippen LogP contribution >= 0.6 is 0 Å². The van der Waals surface area contributed by atoms with Gasteiger partial charge in [0.05, 0.1) is 6.10 Å². The van der Waals surface area contributed by atoms with E-state index in [1.165, 1.54) is 0 Å². The summed E-state index contributed by atoms with van der Waals surface area (Å²) >= 11 is 0. The Labute approximate surface area is 89.6 Å². The van der Waals surface area contributed by atoms with E-state index in [0.29, 0.717) is 5.56 Å². The van der Waals surface area contributed by atoms with Gasteiger partial charge in [-0.3, -0.25) is 4.79 Å². The number of hydrogen-bond acceptors (Lipinski definition) is 2. The van der Waals surface area contributed by atoms with Gasteiger partial charge in [-0.2, -0.15) is 0 Å². The van der Waals surface area contributed by atoms with Crippen LogP contribution in [0, 0.1) is 0 Å². The van der Waals surface area contributed by atoms with Gasteiger partial charge < -0.3 is 4.74 Å². The quantitative estimate of drug-likeness (QED) is 0.544. The Balaban J connectivity index is 2.10. The fraction of sp³-hybridized carbons (Fsp3) is 0.308. The molecule has 1 saturated heterocycles. The molecule has 15 heavy (non-hydrogen) atoms. The maximum atomic E-state index is 11.8. The van der Waals surface area contributed by atoms with Gasteiger partial charge in [0, 0.05) is 18.1 Å². The highest BCUT2D eigenvalue weighted by Gasteiger charge is 2.16. The van der Waals surface area contributed by atoms with E-state index in [-0.39, 0.29) is 11.9 Å². The number of allylic oxidation sites excluding steroid dienone is 2. The van der Waals surface area contributed by atoms with E-state index in [1.807, 2.05) is 37.3 Å². The van der Waals surface area contributed by atoms with Gasteiger partial charge in [-0.15, -0.1) is 0 Å². The number of rotatable bonds is 2. The second kappa shape index (κ2) is 4.30. The minimum Gasteiger partial charge on any atom is -0.495 e. The molecule has 1 unspecified atom stereocenters. The van der Waals surface area contributed by atoms with Crippen LogP contribution in [0.25, 0.3) is 0 Å². The Bertz CT molecular complexity index is 379. The average Bonchev–Trinajstić information content (AvgIpc) is 2.65. The molecule has 1 aromatic carbocycles. The van der Waals surface area contributed by atoms with Crippen molar-refractivity contribution in [3.05, 3.63) is 47.7 Å². The normalized spacial score (nSPS) is 22.7. The van der Waals surface area contributed by atoms with Crippen LogP contribution in [0.15, 0.2) is 42.2 Å². The second-order valence-electron chi connectivity index (χ2n) is 3.81. The number of ether oxygens (including phenoxy) is 1. The molecule has 1 heterocycles. The Morgan fingerprint density at radius 3 is 2.73 bits per heavy atom. The van der Waals surface area contributed by atoms with Crippen LogP contribution in [0.3, 0.4) is 0 Å². The molecular formula is C13H14O2. The average molecular weight is 202 g/mol. The van der Waals surface area contributed by atoms with Crippen LogP contribution in [0.1, 0.15) is 30.1 Å². The molecule has 78 valence electrons. The molecule has 1 aliphatic heterocycles. The van der Waals surface area contributed by atoms with Gasteiger partial charge in [0.25, 0.3) is 0 Å². The molecule has 0 spiro atoms. The zero-order chi connectivity index (χ0) is 10.7. The lowest BCUT2D eigenvalue weighted by Gasteiger charge is -2.02. The van der Waals surface area contributed by atoms with Crippen LogP contribution in [-0.2, 0) is 4.74 Å². The predicted octanol–water partition coefficient (Wildman–Crippen LogP) is 2.95. The van der Waals surface area contributed by atoms with E-state index < -0.39 is 0 Å². The number of benzene rings is 1. The summed E-state index contributed by atoms with van der Waals surface area (Å²) < 4.78 is 5.49. The van der Waals surface area contributed by atoms with Crippen molar-refractivity contribution in [1.82, 2.24) is 0 Å². The van der Waals surface area contributed by atoms with E-state index in [0.717, 1.165) is 18.6 Å². The third-order valence-corrected chi connectivity index (χ3v) is 2.50. The fourth-order valence-electron chi connectivity index (χ4n) is 1.66. The van der Waals surface area contributed by atoms with E-state index in [2.05, 4.69) is 0 Å². The summed E-state index contributed by atoms with van der Waals surface area (Å²) in [7, 11) is 0. The molecule has 0 saturated carbocycles. The molecular weight excluding hydrogens is 188 g/mol. The summed E-state index contributed by atoms with van der Waals surface area (Å²) in [5.41, 5.74) is 0.716. The molecule has 1 fully saturated rings. The zero-order valence-corrected chi connectivity index (χ0v) is 8.77. The van der Waals surface area contributed by atoms with Gasteiger partial charge in [0.15, 0.2) is 5.78 Å². The number of carbonyl (C=O) groups is 1. The monoisotopic (exact) mass is 202 g/mol. The lowest BCUT2D eigenvalue weighted by atomic mass is 10.1. The summed E-state index contributed by atoms with van der Waals surface area (Å²) in [6.07, 6.45) is 3.74. The first-order valence-corrected chi connectivity index (χ1v) is 5.22. The first kappa shape index (κ1) is 9.97. The lowest BCUT2D eigenvalue weighted by Crippen LogP contribution is -1.98. The summed E-state index contributed by atoms with van der Waals surface area (Å²) in [6, 6.07) is 9.27. The molecule has 0 bridgehead atoms. The SMILES string of the molecule is CC1CC/C(=C\C(=O)c2ccccc2)O1. The lowest BCUT2D eigenvalue weighted by molar-refractivity contribution is 0.103. The third kappa shape index (κ3) is 2.46. The molecule has 1 aliphatic rings. The van der Waals surface area contributed by atoms with E-state index in [9.17, 15) is 4.79 Å². The molecule has 0 aromatic heterocycles. The van der Waals surface area contributed by atoms with Gasteiger partial charge in [-0.05, 0) is 13.3 Å². The maximum Gasteiger partial charge on any atom is 0.189 e. The van der Waals surface area contributed by atoms with Crippen molar-refractivity contribution >= 4 is 5.78 Å². The van der Waals surface area contributed by atoms with Gasteiger partial charge in [0.2, 0.25) is 0 Å². The van der Waals surface area contributed by atoms with Crippen molar-refractivity contribution in [2.75, 3.05) is 0 Å². The van der Waals surface area contributed by atoms with E-state index >= 15 is 0 Å². The fourth-order valence-corrected chi connectivity index (χ4v) is 1.66. The van der Waals surface area contributed by atoms with Gasteiger partial charge >= 0.3 is 0 Å². The highest BCUT2D eigenvalue weighted by Crippen LogP contribution is 2.22. The molecule has 2 nitrogen and oxygen atoms in total. The van der Waals surface area contributed by atoms with Crippen molar-refractivity contribution in [3.8, 4) is 0 Å². The van der Waals surface area contributed by atoms with Gasteiger partial charge in [-0.25, -0.2) is 0 Å². The number of hydrogen-bond donors (Lipinski definition) is 0. The van der Waals surface area contributed by atoms with Crippen molar-refractivity contribution in [2.24, 2.45) is 0 Å². The minimum absolute atomic E-state index is 0.0275. The zero-order valence-electron chi connectivity index (χ0n) is 8.77. The number of ketones is 1. The van der Waals surface area contributed by atoms with Crippen LogP contribution in [0.2, 0.25) is 0 Å². The highest BCUT2D eigenvalue weighted by atomic mass is 16.5. The minimum atomic E-state index is 0.0275. The third-order valence-electron chi connectivity index (χ3n) is 2.50. The Morgan fingerprint density at radius 1 is 1.40 bits per heavy atom. The molecule has 1 aromatic rings. The van der Waals surface area contributed by atoms with E-state index in [1.54, 1.807) is 6.08 Å². The van der Waals surface area contributed by atoms with Crippen molar-refractivity contribution in [3.63, 3.8) is 0 Å². The first-order valence-electron chi connectivity index (χ1n) is 5.22. The maximum absolute atomic E-state index is 11.8. The molecule has 2 heteroatoms. The van der Waals surface area contributed by atoms with Crippen LogP contribution < -0.4 is 0 Å². The Kier molecular flexibility index (Phi) is 2.86. The Morgan fingerprint density at radius 2 is 2.13 bits per heavy atom. The molecule has 0 aliphatic carbocycles. The summed E-state index contributed by atoms with van der Waals surface area (Å²) in [5, 5.41) is 0. The summed E-state index contributed by atoms with van der Waals surface area (Å²) in [6.45, 7) is 2.02.